The second kappa shape index (κ2) is 5.88. The van der Waals surface area contributed by atoms with Crippen LogP contribution in [-0.4, -0.2) is 10.8 Å². The van der Waals surface area contributed by atoms with Crippen LogP contribution in [0.5, 0.6) is 0 Å². The summed E-state index contributed by atoms with van der Waals surface area (Å²) in [5.74, 6) is -1.67. The highest BCUT2D eigenvalue weighted by molar-refractivity contribution is 7.08. The molecule has 0 aliphatic carbocycles. The summed E-state index contributed by atoms with van der Waals surface area (Å²) in [5, 5.41) is 17.1. The van der Waals surface area contributed by atoms with E-state index in [-0.39, 0.29) is 6.54 Å². The predicted octanol–water partition coefficient (Wildman–Crippen LogP) is 2.62. The number of nitrogen functional groups attached to an aromatic ring is 1. The molecular formula is C13H12FN3O3S. The highest BCUT2D eigenvalue weighted by Crippen LogP contribution is 2.27. The Bertz CT molecular complexity index is 715. The second-order valence-corrected chi connectivity index (χ2v) is 5.12. The molecule has 1 aromatic heterocycles. The smallest absolute Gasteiger partial charge is 0.293 e. The molecule has 0 saturated heterocycles. The zero-order chi connectivity index (χ0) is 15.6. The molecule has 0 atom stereocenters. The number of nitrogens with one attached hydrogen (secondary N) is 1. The molecule has 0 fully saturated rings. The molecule has 0 aliphatic heterocycles. The van der Waals surface area contributed by atoms with Gasteiger partial charge in [-0.2, -0.15) is 11.3 Å². The largest absolute Gasteiger partial charge is 0.392 e. The van der Waals surface area contributed by atoms with E-state index in [2.05, 4.69) is 5.32 Å². The van der Waals surface area contributed by atoms with Crippen molar-refractivity contribution in [1.29, 1.82) is 0 Å². The van der Waals surface area contributed by atoms with Gasteiger partial charge < -0.3 is 11.1 Å². The van der Waals surface area contributed by atoms with Gasteiger partial charge in [0.25, 0.3) is 11.6 Å². The van der Waals surface area contributed by atoms with Crippen molar-refractivity contribution in [3.05, 3.63) is 55.5 Å². The monoisotopic (exact) mass is 309 g/mol. The van der Waals surface area contributed by atoms with Gasteiger partial charge in [-0.1, -0.05) is 0 Å². The maximum Gasteiger partial charge on any atom is 0.293 e. The first kappa shape index (κ1) is 14.9. The number of aryl methyl sites for hydroxylation is 1. The minimum atomic E-state index is -0.891. The maximum atomic E-state index is 13.7. The van der Waals surface area contributed by atoms with Crippen LogP contribution in [0.3, 0.4) is 0 Å². The van der Waals surface area contributed by atoms with Gasteiger partial charge in [0, 0.05) is 12.6 Å². The minimum absolute atomic E-state index is 0.204. The standard InChI is InChI=1S/C13H12FN3O3S/c1-7-5-21-6-8(7)4-16-13(18)11-9(14)2-3-10(12(11)15)17(19)20/h2-3,5-6H,4,15H2,1H3,(H,16,18). The summed E-state index contributed by atoms with van der Waals surface area (Å²) < 4.78 is 13.7. The molecule has 0 spiro atoms. The zero-order valence-electron chi connectivity index (χ0n) is 11.1. The summed E-state index contributed by atoms with van der Waals surface area (Å²) in [7, 11) is 0. The van der Waals surface area contributed by atoms with Crippen LogP contribution in [0.4, 0.5) is 15.8 Å². The molecule has 1 amide bonds. The van der Waals surface area contributed by atoms with Crippen LogP contribution in [0, 0.1) is 22.9 Å². The quantitative estimate of drug-likeness (QED) is 0.515. The van der Waals surface area contributed by atoms with E-state index in [1.807, 2.05) is 17.7 Å². The Morgan fingerprint density at radius 3 is 2.76 bits per heavy atom. The van der Waals surface area contributed by atoms with Crippen LogP contribution in [0.2, 0.25) is 0 Å². The molecule has 21 heavy (non-hydrogen) atoms. The number of anilines is 1. The number of benzene rings is 1. The number of carbonyl (C=O) groups excluding carboxylic acids is 1. The lowest BCUT2D eigenvalue weighted by atomic mass is 10.1. The highest BCUT2D eigenvalue weighted by Gasteiger charge is 2.23. The Balaban J connectivity index is 2.25. The zero-order valence-corrected chi connectivity index (χ0v) is 11.9. The summed E-state index contributed by atoms with van der Waals surface area (Å²) in [6.45, 7) is 2.09. The number of halogens is 1. The van der Waals surface area contributed by atoms with E-state index >= 15 is 0 Å². The van der Waals surface area contributed by atoms with Crippen LogP contribution in [0.25, 0.3) is 0 Å². The Labute approximate surface area is 123 Å². The van der Waals surface area contributed by atoms with Crippen molar-refractivity contribution in [3.63, 3.8) is 0 Å². The Morgan fingerprint density at radius 1 is 1.48 bits per heavy atom. The SMILES string of the molecule is Cc1cscc1CNC(=O)c1c(F)ccc([N+](=O)[O-])c1N. The van der Waals surface area contributed by atoms with E-state index in [9.17, 15) is 19.3 Å². The van der Waals surface area contributed by atoms with Gasteiger partial charge in [-0.25, -0.2) is 4.39 Å². The molecule has 6 nitrogen and oxygen atoms in total. The van der Waals surface area contributed by atoms with Crippen LogP contribution in [-0.2, 0) is 6.54 Å². The average molecular weight is 309 g/mol. The van der Waals surface area contributed by atoms with Gasteiger partial charge in [0.05, 0.1) is 4.92 Å². The summed E-state index contributed by atoms with van der Waals surface area (Å²) in [5.41, 5.74) is 5.96. The van der Waals surface area contributed by atoms with Gasteiger partial charge >= 0.3 is 0 Å². The number of hydrogen-bond donors (Lipinski definition) is 2. The molecule has 110 valence electrons. The summed E-state index contributed by atoms with van der Waals surface area (Å²) in [6, 6.07) is 1.80. The lowest BCUT2D eigenvalue weighted by molar-refractivity contribution is -0.384. The molecule has 2 aromatic rings. The first-order chi connectivity index (χ1) is 9.91. The fourth-order valence-corrected chi connectivity index (χ4v) is 2.66. The summed E-state index contributed by atoms with van der Waals surface area (Å²) in [4.78, 5) is 22.0. The molecule has 3 N–H and O–H groups in total. The number of amides is 1. The number of nitro groups is 1. The van der Waals surface area contributed by atoms with Gasteiger partial charge in [-0.15, -0.1) is 0 Å². The molecule has 8 heteroatoms. The molecule has 0 unspecified atom stereocenters. The van der Waals surface area contributed by atoms with Crippen molar-refractivity contribution in [1.82, 2.24) is 5.32 Å². The van der Waals surface area contributed by atoms with Gasteiger partial charge in [0.15, 0.2) is 0 Å². The van der Waals surface area contributed by atoms with Crippen LogP contribution < -0.4 is 11.1 Å². The molecule has 1 aromatic carbocycles. The van der Waals surface area contributed by atoms with Crippen LogP contribution >= 0.6 is 11.3 Å². The fraction of sp³-hybridized carbons (Fsp3) is 0.154. The Kier molecular flexibility index (Phi) is 4.18. The highest BCUT2D eigenvalue weighted by atomic mass is 32.1. The van der Waals surface area contributed by atoms with E-state index in [0.717, 1.165) is 23.3 Å². The molecular weight excluding hydrogens is 297 g/mol. The normalized spacial score (nSPS) is 10.4. The average Bonchev–Trinajstić information content (AvgIpc) is 2.81. The molecule has 0 aliphatic rings. The van der Waals surface area contributed by atoms with Crippen molar-refractivity contribution in [2.24, 2.45) is 0 Å². The Morgan fingerprint density at radius 2 is 2.19 bits per heavy atom. The lowest BCUT2D eigenvalue weighted by Crippen LogP contribution is -2.25. The molecule has 2 rings (SSSR count). The van der Waals surface area contributed by atoms with Crippen molar-refractivity contribution >= 4 is 28.6 Å². The number of nitrogens with zero attached hydrogens (tertiary/aromatic N) is 1. The van der Waals surface area contributed by atoms with Gasteiger partial charge in [-0.05, 0) is 34.9 Å². The third-order valence-corrected chi connectivity index (χ3v) is 3.91. The first-order valence-electron chi connectivity index (χ1n) is 5.94. The second-order valence-electron chi connectivity index (χ2n) is 4.38. The molecule has 0 radical (unpaired) electrons. The Hall–Kier alpha value is -2.48. The van der Waals surface area contributed by atoms with Crippen molar-refractivity contribution in [2.75, 3.05) is 5.73 Å². The van der Waals surface area contributed by atoms with Gasteiger partial charge in [0.1, 0.15) is 17.1 Å². The molecule has 0 bridgehead atoms. The van der Waals surface area contributed by atoms with Gasteiger partial charge in [-0.3, -0.25) is 14.9 Å². The van der Waals surface area contributed by atoms with Crippen molar-refractivity contribution in [2.45, 2.75) is 13.5 Å². The summed E-state index contributed by atoms with van der Waals surface area (Å²) >= 11 is 1.49. The topological polar surface area (TPSA) is 98.3 Å². The number of nitro benzene ring substituents is 1. The van der Waals surface area contributed by atoms with E-state index in [1.54, 1.807) is 0 Å². The van der Waals surface area contributed by atoms with Crippen LogP contribution in [0.15, 0.2) is 22.9 Å². The van der Waals surface area contributed by atoms with E-state index in [0.29, 0.717) is 0 Å². The van der Waals surface area contributed by atoms with Crippen molar-refractivity contribution in [3.8, 4) is 0 Å². The third-order valence-electron chi connectivity index (χ3n) is 3.00. The number of carbonyl (C=O) groups is 1. The number of thiophene rings is 1. The fourth-order valence-electron chi connectivity index (χ4n) is 1.80. The minimum Gasteiger partial charge on any atom is -0.392 e. The number of hydrogen-bond acceptors (Lipinski definition) is 5. The van der Waals surface area contributed by atoms with Crippen molar-refractivity contribution < 1.29 is 14.1 Å². The predicted molar refractivity (Wildman–Crippen MR) is 77.7 cm³/mol. The number of nitrogens with two attached hydrogens (primary N) is 1. The van der Waals surface area contributed by atoms with Crippen LogP contribution in [0.1, 0.15) is 21.5 Å². The van der Waals surface area contributed by atoms with E-state index in [4.69, 9.17) is 5.73 Å². The maximum absolute atomic E-state index is 13.7. The third kappa shape index (κ3) is 3.00. The summed E-state index contributed by atoms with van der Waals surface area (Å²) in [6.07, 6.45) is 0. The lowest BCUT2D eigenvalue weighted by Gasteiger charge is -2.08. The van der Waals surface area contributed by atoms with E-state index < -0.39 is 33.6 Å². The molecule has 0 saturated carbocycles. The molecule has 1 heterocycles. The van der Waals surface area contributed by atoms with E-state index in [1.165, 1.54) is 11.3 Å². The van der Waals surface area contributed by atoms with Gasteiger partial charge in [0.2, 0.25) is 0 Å². The number of rotatable bonds is 4. The first-order valence-corrected chi connectivity index (χ1v) is 6.88.